The van der Waals surface area contributed by atoms with Crippen molar-refractivity contribution in [3.05, 3.63) is 99.3 Å². The van der Waals surface area contributed by atoms with Gasteiger partial charge in [0.05, 0.1) is 6.04 Å². The molecule has 4 rings (SSSR count). The zero-order valence-corrected chi connectivity index (χ0v) is 16.5. The molecule has 0 aromatic heterocycles. The van der Waals surface area contributed by atoms with Crippen LogP contribution in [0.15, 0.2) is 66.7 Å². The van der Waals surface area contributed by atoms with Crippen LogP contribution >= 0.6 is 23.2 Å². The zero-order chi connectivity index (χ0) is 20.5. The topological polar surface area (TPSA) is 49.4 Å². The second kappa shape index (κ2) is 7.85. The van der Waals surface area contributed by atoms with Crippen LogP contribution in [0, 0.1) is 5.82 Å². The third-order valence-electron chi connectivity index (χ3n) is 4.75. The van der Waals surface area contributed by atoms with Gasteiger partial charge in [-0.25, -0.2) is 4.39 Å². The number of hydrogen-bond acceptors (Lipinski definition) is 2. The molecule has 146 valence electrons. The number of anilines is 1. The Kier molecular flexibility index (Phi) is 5.26. The molecule has 4 nitrogen and oxygen atoms in total. The highest BCUT2D eigenvalue weighted by atomic mass is 35.5. The lowest BCUT2D eigenvalue weighted by molar-refractivity contribution is -0.117. The van der Waals surface area contributed by atoms with Crippen molar-refractivity contribution in [2.75, 3.05) is 11.9 Å². The van der Waals surface area contributed by atoms with Crippen molar-refractivity contribution in [3.63, 3.8) is 0 Å². The first-order chi connectivity index (χ1) is 13.9. The van der Waals surface area contributed by atoms with Crippen molar-refractivity contribution in [2.24, 2.45) is 0 Å². The van der Waals surface area contributed by atoms with Crippen molar-refractivity contribution in [1.29, 1.82) is 0 Å². The second-order valence-electron chi connectivity index (χ2n) is 6.67. The molecule has 1 atom stereocenters. The summed E-state index contributed by atoms with van der Waals surface area (Å²) in [5, 5.41) is 3.79. The predicted molar refractivity (Wildman–Crippen MR) is 111 cm³/mol. The lowest BCUT2D eigenvalue weighted by Gasteiger charge is -2.30. The number of amides is 2. The first-order valence-electron chi connectivity index (χ1n) is 8.83. The van der Waals surface area contributed by atoms with Gasteiger partial charge in [0.15, 0.2) is 0 Å². The molecule has 1 heterocycles. The minimum absolute atomic E-state index is 0.171. The summed E-state index contributed by atoms with van der Waals surface area (Å²) in [5.74, 6) is -1.07. The van der Waals surface area contributed by atoms with Gasteiger partial charge in [0.2, 0.25) is 5.91 Å². The highest BCUT2D eigenvalue weighted by molar-refractivity contribution is 6.31. The summed E-state index contributed by atoms with van der Waals surface area (Å²) in [7, 11) is 0. The van der Waals surface area contributed by atoms with E-state index < -0.39 is 11.9 Å². The number of halogens is 3. The van der Waals surface area contributed by atoms with Gasteiger partial charge in [0.25, 0.3) is 5.91 Å². The molecule has 29 heavy (non-hydrogen) atoms. The Hall–Kier alpha value is -2.89. The van der Waals surface area contributed by atoms with Gasteiger partial charge in [-0.1, -0.05) is 35.3 Å². The largest absolute Gasteiger partial charge is 0.324 e. The molecule has 7 heteroatoms. The number of fused-ring (bicyclic) bond motifs is 1. The summed E-state index contributed by atoms with van der Waals surface area (Å²) < 4.78 is 13.5. The molecule has 0 bridgehead atoms. The molecule has 1 aliphatic heterocycles. The van der Waals surface area contributed by atoms with Crippen LogP contribution in [0.4, 0.5) is 10.1 Å². The zero-order valence-electron chi connectivity index (χ0n) is 15.0. The summed E-state index contributed by atoms with van der Waals surface area (Å²) in [4.78, 5) is 27.3. The fourth-order valence-corrected chi connectivity index (χ4v) is 3.74. The normalized spacial score (nSPS) is 16.0. The minimum Gasteiger partial charge on any atom is -0.324 e. The predicted octanol–water partition coefficient (Wildman–Crippen LogP) is 5.32. The van der Waals surface area contributed by atoms with E-state index in [1.807, 2.05) is 0 Å². The molecule has 1 N–H and O–H groups in total. The lowest BCUT2D eigenvalue weighted by Crippen LogP contribution is -2.39. The van der Waals surface area contributed by atoms with E-state index in [0.29, 0.717) is 32.4 Å². The molecule has 1 aliphatic rings. The van der Waals surface area contributed by atoms with E-state index in [1.165, 1.54) is 17.0 Å². The van der Waals surface area contributed by atoms with Crippen molar-refractivity contribution in [2.45, 2.75) is 6.04 Å². The number of carbonyl (C=O) groups excluding carboxylic acids is 2. The summed E-state index contributed by atoms with van der Waals surface area (Å²) in [6, 6.07) is 16.7. The van der Waals surface area contributed by atoms with Crippen molar-refractivity contribution < 1.29 is 14.0 Å². The van der Waals surface area contributed by atoms with E-state index in [9.17, 15) is 14.0 Å². The Morgan fingerprint density at radius 1 is 0.966 bits per heavy atom. The van der Waals surface area contributed by atoms with Crippen LogP contribution in [0.25, 0.3) is 0 Å². The highest BCUT2D eigenvalue weighted by Gasteiger charge is 2.34. The van der Waals surface area contributed by atoms with Crippen LogP contribution < -0.4 is 5.32 Å². The quantitative estimate of drug-likeness (QED) is 0.600. The Morgan fingerprint density at radius 3 is 2.31 bits per heavy atom. The van der Waals surface area contributed by atoms with E-state index in [1.54, 1.807) is 54.6 Å². The maximum Gasteiger partial charge on any atom is 0.255 e. The molecule has 0 spiro atoms. The van der Waals surface area contributed by atoms with Crippen LogP contribution in [0.2, 0.25) is 10.0 Å². The molecular formula is C22H15Cl2FN2O2. The fraction of sp³-hybridized carbons (Fsp3) is 0.0909. The summed E-state index contributed by atoms with van der Waals surface area (Å²) in [6.07, 6.45) is 0. The standard InChI is InChI=1S/C22H15Cl2FN2O2/c23-15-5-1-14(2-6-15)22(29)27-12-20(28)26-19-10-7-16(24)11-18(19)21(27)13-3-8-17(25)9-4-13/h1-11,21H,12H2,(H,26,28). The van der Waals surface area contributed by atoms with Gasteiger partial charge in [-0.2, -0.15) is 0 Å². The molecular weight excluding hydrogens is 414 g/mol. The summed E-state index contributed by atoms with van der Waals surface area (Å²) in [6.45, 7) is -0.171. The van der Waals surface area contributed by atoms with Crippen LogP contribution in [-0.2, 0) is 4.79 Å². The number of hydrogen-bond donors (Lipinski definition) is 1. The van der Waals surface area contributed by atoms with Crippen LogP contribution in [0.3, 0.4) is 0 Å². The Balaban J connectivity index is 1.88. The van der Waals surface area contributed by atoms with E-state index in [-0.39, 0.29) is 18.4 Å². The molecule has 0 saturated carbocycles. The smallest absolute Gasteiger partial charge is 0.255 e. The molecule has 2 amide bonds. The Labute approximate surface area is 176 Å². The average Bonchev–Trinajstić information content (AvgIpc) is 2.84. The highest BCUT2D eigenvalue weighted by Crippen LogP contribution is 2.38. The van der Waals surface area contributed by atoms with Crippen molar-refractivity contribution in [1.82, 2.24) is 4.90 Å². The van der Waals surface area contributed by atoms with Crippen molar-refractivity contribution >= 4 is 40.7 Å². The van der Waals surface area contributed by atoms with Gasteiger partial charge in [0, 0.05) is 26.9 Å². The third-order valence-corrected chi connectivity index (χ3v) is 5.23. The molecule has 0 radical (unpaired) electrons. The van der Waals surface area contributed by atoms with Crippen molar-refractivity contribution in [3.8, 4) is 0 Å². The molecule has 3 aromatic carbocycles. The third kappa shape index (κ3) is 3.97. The number of rotatable bonds is 2. The van der Waals surface area contributed by atoms with E-state index >= 15 is 0 Å². The van der Waals surface area contributed by atoms with E-state index in [4.69, 9.17) is 23.2 Å². The van der Waals surface area contributed by atoms with Gasteiger partial charge in [-0.05, 0) is 60.2 Å². The number of nitrogens with one attached hydrogen (secondary N) is 1. The van der Waals surface area contributed by atoms with Gasteiger partial charge in [0.1, 0.15) is 12.4 Å². The van der Waals surface area contributed by atoms with E-state index in [2.05, 4.69) is 5.32 Å². The van der Waals surface area contributed by atoms with Crippen LogP contribution in [0.5, 0.6) is 0 Å². The van der Waals surface area contributed by atoms with Gasteiger partial charge in [-0.3, -0.25) is 9.59 Å². The first-order valence-corrected chi connectivity index (χ1v) is 9.59. The first kappa shape index (κ1) is 19.4. The SMILES string of the molecule is O=C1CN(C(=O)c2ccc(Cl)cc2)C(c2ccc(F)cc2)c2cc(Cl)ccc2N1. The van der Waals surface area contributed by atoms with Crippen LogP contribution in [0.1, 0.15) is 27.5 Å². The van der Waals surface area contributed by atoms with E-state index in [0.717, 1.165) is 0 Å². The number of nitrogens with zero attached hydrogens (tertiary/aromatic N) is 1. The number of carbonyl (C=O) groups is 2. The monoisotopic (exact) mass is 428 g/mol. The van der Waals surface area contributed by atoms with Gasteiger partial charge < -0.3 is 10.2 Å². The van der Waals surface area contributed by atoms with Crippen LogP contribution in [-0.4, -0.2) is 23.3 Å². The second-order valence-corrected chi connectivity index (χ2v) is 7.55. The minimum atomic E-state index is -0.633. The number of benzene rings is 3. The maximum absolute atomic E-state index is 13.5. The summed E-state index contributed by atoms with van der Waals surface area (Å²) >= 11 is 12.2. The molecule has 1 unspecified atom stereocenters. The maximum atomic E-state index is 13.5. The fourth-order valence-electron chi connectivity index (χ4n) is 3.43. The Morgan fingerprint density at radius 2 is 1.62 bits per heavy atom. The van der Waals surface area contributed by atoms with Gasteiger partial charge in [-0.15, -0.1) is 0 Å². The molecule has 0 fully saturated rings. The molecule has 0 saturated heterocycles. The summed E-state index contributed by atoms with van der Waals surface area (Å²) in [5.41, 5.74) is 2.26. The molecule has 0 aliphatic carbocycles. The Bertz CT molecular complexity index is 1080. The average molecular weight is 429 g/mol. The lowest BCUT2D eigenvalue weighted by atomic mass is 9.95. The molecule has 3 aromatic rings. The van der Waals surface area contributed by atoms with Gasteiger partial charge >= 0.3 is 0 Å².